The van der Waals surface area contributed by atoms with Gasteiger partial charge in [0.2, 0.25) is 0 Å². The number of sulfone groups is 1. The zero-order valence-corrected chi connectivity index (χ0v) is 12.0. The topological polar surface area (TPSA) is 68.3 Å². The number of Topliss-reactive ketones (excluding diaryl/α,β-unsaturated/α-hetero) is 1. The zero-order chi connectivity index (χ0) is 13.8. The van der Waals surface area contributed by atoms with Crippen LogP contribution in [0.25, 0.3) is 0 Å². The summed E-state index contributed by atoms with van der Waals surface area (Å²) in [5.41, 5.74) is 0. The van der Waals surface area contributed by atoms with Crippen molar-refractivity contribution in [3.8, 4) is 0 Å². The molecular formula is C12H16O4S2. The van der Waals surface area contributed by atoms with E-state index in [1.165, 1.54) is 24.3 Å². The lowest BCUT2D eigenvalue weighted by molar-refractivity contribution is -0.116. The van der Waals surface area contributed by atoms with Crippen LogP contribution in [0.15, 0.2) is 34.1 Å². The van der Waals surface area contributed by atoms with Gasteiger partial charge in [0.25, 0.3) is 0 Å². The predicted octanol–water partition coefficient (Wildman–Crippen LogP) is 1.57. The third-order valence-corrected chi connectivity index (χ3v) is 4.85. The molecular weight excluding hydrogens is 272 g/mol. The molecule has 1 rings (SSSR count). The monoisotopic (exact) mass is 288 g/mol. The van der Waals surface area contributed by atoms with Crippen molar-refractivity contribution in [2.45, 2.75) is 29.6 Å². The summed E-state index contributed by atoms with van der Waals surface area (Å²) in [7, 11) is -4.64. The number of benzene rings is 1. The van der Waals surface area contributed by atoms with Gasteiger partial charge < -0.3 is 0 Å². The average Bonchev–Trinajstić information content (AvgIpc) is 2.28. The Labute approximate surface area is 110 Å². The Kier molecular flexibility index (Phi) is 5.22. The molecule has 6 heteroatoms. The molecule has 1 unspecified atom stereocenters. The van der Waals surface area contributed by atoms with Gasteiger partial charge in [-0.15, -0.1) is 0 Å². The number of hydrogen-bond donors (Lipinski definition) is 0. The van der Waals surface area contributed by atoms with E-state index < -0.39 is 20.6 Å². The SMILES string of the molecule is CCCC(=O)CS(=O)c1ccc(S(C)(=O)=O)cc1. The van der Waals surface area contributed by atoms with Gasteiger partial charge in [0, 0.05) is 17.6 Å². The molecule has 0 aliphatic carbocycles. The Balaban J connectivity index is 2.80. The molecule has 0 aliphatic rings. The molecule has 0 saturated carbocycles. The molecule has 0 heterocycles. The highest BCUT2D eigenvalue weighted by atomic mass is 32.2. The molecule has 1 aromatic rings. The first-order valence-corrected chi connectivity index (χ1v) is 8.76. The normalized spacial score (nSPS) is 13.2. The summed E-state index contributed by atoms with van der Waals surface area (Å²) in [5.74, 6) is -0.0467. The molecule has 0 saturated heterocycles. The molecule has 100 valence electrons. The van der Waals surface area contributed by atoms with Crippen LogP contribution in [0.4, 0.5) is 0 Å². The lowest BCUT2D eigenvalue weighted by Gasteiger charge is -2.03. The van der Waals surface area contributed by atoms with Crippen LogP contribution in [0.1, 0.15) is 19.8 Å². The average molecular weight is 288 g/mol. The molecule has 0 aromatic heterocycles. The van der Waals surface area contributed by atoms with Crippen molar-refractivity contribution in [2.24, 2.45) is 0 Å². The lowest BCUT2D eigenvalue weighted by Crippen LogP contribution is -2.10. The Morgan fingerprint density at radius 3 is 2.22 bits per heavy atom. The molecule has 0 spiro atoms. The molecule has 1 atom stereocenters. The van der Waals surface area contributed by atoms with E-state index in [1.807, 2.05) is 6.92 Å². The Bertz CT molecular complexity index is 544. The summed E-state index contributed by atoms with van der Waals surface area (Å²) in [6.45, 7) is 1.89. The summed E-state index contributed by atoms with van der Waals surface area (Å²) in [4.78, 5) is 12.0. The highest BCUT2D eigenvalue weighted by molar-refractivity contribution is 7.90. The van der Waals surface area contributed by atoms with Crippen molar-refractivity contribution in [3.63, 3.8) is 0 Å². The molecule has 0 bridgehead atoms. The first-order valence-electron chi connectivity index (χ1n) is 5.54. The maximum absolute atomic E-state index is 11.8. The Morgan fingerprint density at radius 1 is 1.22 bits per heavy atom. The number of carbonyl (C=O) groups excluding carboxylic acids is 1. The van der Waals surface area contributed by atoms with Gasteiger partial charge in [-0.25, -0.2) is 8.42 Å². The molecule has 0 fully saturated rings. The maximum Gasteiger partial charge on any atom is 0.175 e. The van der Waals surface area contributed by atoms with Gasteiger partial charge >= 0.3 is 0 Å². The summed E-state index contributed by atoms with van der Waals surface area (Å²) in [5, 5.41) is 0. The van der Waals surface area contributed by atoms with E-state index in [-0.39, 0.29) is 16.4 Å². The molecule has 0 amide bonds. The van der Waals surface area contributed by atoms with Gasteiger partial charge in [-0.05, 0) is 30.7 Å². The van der Waals surface area contributed by atoms with Crippen molar-refractivity contribution < 1.29 is 17.4 Å². The van der Waals surface area contributed by atoms with Crippen LogP contribution in [0.2, 0.25) is 0 Å². The molecule has 4 nitrogen and oxygen atoms in total. The quantitative estimate of drug-likeness (QED) is 0.796. The van der Waals surface area contributed by atoms with Crippen molar-refractivity contribution in [2.75, 3.05) is 12.0 Å². The van der Waals surface area contributed by atoms with E-state index >= 15 is 0 Å². The van der Waals surface area contributed by atoms with Crippen LogP contribution >= 0.6 is 0 Å². The first-order chi connectivity index (χ1) is 8.34. The second-order valence-corrected chi connectivity index (χ2v) is 7.49. The Morgan fingerprint density at radius 2 is 1.78 bits per heavy atom. The number of rotatable bonds is 6. The van der Waals surface area contributed by atoms with Crippen LogP contribution in [0.5, 0.6) is 0 Å². The van der Waals surface area contributed by atoms with Gasteiger partial charge in [0.1, 0.15) is 5.78 Å². The minimum Gasteiger partial charge on any atom is -0.299 e. The second-order valence-electron chi connectivity index (χ2n) is 4.02. The fourth-order valence-electron chi connectivity index (χ4n) is 1.42. The largest absolute Gasteiger partial charge is 0.299 e. The minimum absolute atomic E-state index is 0.00788. The highest BCUT2D eigenvalue weighted by Crippen LogP contribution is 2.13. The van der Waals surface area contributed by atoms with Crippen molar-refractivity contribution in [1.82, 2.24) is 0 Å². The lowest BCUT2D eigenvalue weighted by atomic mass is 10.3. The smallest absolute Gasteiger partial charge is 0.175 e. The summed E-state index contributed by atoms with van der Waals surface area (Å²) in [6, 6.07) is 5.80. The predicted molar refractivity (Wildman–Crippen MR) is 70.7 cm³/mol. The van der Waals surface area contributed by atoms with Gasteiger partial charge in [0.05, 0.1) is 21.4 Å². The third-order valence-electron chi connectivity index (χ3n) is 2.34. The van der Waals surface area contributed by atoms with Crippen LogP contribution in [-0.4, -0.2) is 30.4 Å². The molecule has 0 radical (unpaired) electrons. The van der Waals surface area contributed by atoms with E-state index in [0.29, 0.717) is 11.3 Å². The summed E-state index contributed by atoms with van der Waals surface area (Å²) in [6.07, 6.45) is 2.28. The maximum atomic E-state index is 11.8. The summed E-state index contributed by atoms with van der Waals surface area (Å²) >= 11 is 0. The van der Waals surface area contributed by atoms with Gasteiger partial charge in [0.15, 0.2) is 9.84 Å². The van der Waals surface area contributed by atoms with Crippen molar-refractivity contribution >= 4 is 26.4 Å². The third kappa shape index (κ3) is 4.34. The number of ketones is 1. The van der Waals surface area contributed by atoms with Gasteiger partial charge in [-0.2, -0.15) is 0 Å². The van der Waals surface area contributed by atoms with Gasteiger partial charge in [-0.3, -0.25) is 9.00 Å². The Hall–Kier alpha value is -1.01. The highest BCUT2D eigenvalue weighted by Gasteiger charge is 2.11. The fourth-order valence-corrected chi connectivity index (χ4v) is 3.09. The van der Waals surface area contributed by atoms with E-state index in [2.05, 4.69) is 0 Å². The number of hydrogen-bond acceptors (Lipinski definition) is 4. The van der Waals surface area contributed by atoms with Crippen LogP contribution in [-0.2, 0) is 25.4 Å². The van der Waals surface area contributed by atoms with Crippen LogP contribution in [0.3, 0.4) is 0 Å². The molecule has 1 aromatic carbocycles. The van der Waals surface area contributed by atoms with Crippen molar-refractivity contribution in [3.05, 3.63) is 24.3 Å². The fraction of sp³-hybridized carbons (Fsp3) is 0.417. The first kappa shape index (κ1) is 15.0. The van der Waals surface area contributed by atoms with E-state index in [4.69, 9.17) is 0 Å². The van der Waals surface area contributed by atoms with Gasteiger partial charge in [-0.1, -0.05) is 6.92 Å². The van der Waals surface area contributed by atoms with Crippen molar-refractivity contribution in [1.29, 1.82) is 0 Å². The molecule has 18 heavy (non-hydrogen) atoms. The second kappa shape index (κ2) is 6.24. The van der Waals surface area contributed by atoms with E-state index in [9.17, 15) is 17.4 Å². The standard InChI is InChI=1S/C12H16O4S2/c1-3-4-10(13)9-17(14)11-5-7-12(8-6-11)18(2,15)16/h5-8H,3-4,9H2,1-2H3. The van der Waals surface area contributed by atoms with E-state index in [0.717, 1.165) is 12.7 Å². The van der Waals surface area contributed by atoms with E-state index in [1.54, 1.807) is 0 Å². The molecule has 0 aliphatic heterocycles. The number of carbonyl (C=O) groups is 1. The minimum atomic E-state index is -3.24. The van der Waals surface area contributed by atoms with Crippen LogP contribution < -0.4 is 0 Å². The summed E-state index contributed by atoms with van der Waals surface area (Å²) < 4.78 is 34.3. The van der Waals surface area contributed by atoms with Crippen LogP contribution in [0, 0.1) is 0 Å². The zero-order valence-electron chi connectivity index (χ0n) is 10.4. The molecule has 0 N–H and O–H groups in total.